The molecular formula is C48H59N7O7S. The van der Waals surface area contributed by atoms with Crippen molar-refractivity contribution in [1.82, 2.24) is 35.9 Å². The molecule has 0 bridgehead atoms. The third kappa shape index (κ3) is 12.7. The fourth-order valence-electron chi connectivity index (χ4n) is 7.80. The maximum absolute atomic E-state index is 14.2. The number of hydrogen-bond donors (Lipinski definition) is 6. The van der Waals surface area contributed by atoms with Crippen LogP contribution in [0.3, 0.4) is 0 Å². The van der Waals surface area contributed by atoms with Crippen molar-refractivity contribution < 1.29 is 34.2 Å². The summed E-state index contributed by atoms with van der Waals surface area (Å²) in [6.45, 7) is 11.9. The van der Waals surface area contributed by atoms with Gasteiger partial charge < -0.3 is 30.4 Å². The molecule has 4 amide bonds. The normalized spacial score (nSPS) is 16.4. The topological polar surface area (TPSA) is 189 Å². The first kappa shape index (κ1) is 46.8. The largest absolute Gasteiger partial charge is 0.391 e. The van der Waals surface area contributed by atoms with Crippen molar-refractivity contribution in [1.29, 1.82) is 0 Å². The third-order valence-corrected chi connectivity index (χ3v) is 12.4. The van der Waals surface area contributed by atoms with Gasteiger partial charge in [0.05, 0.1) is 41.4 Å². The van der Waals surface area contributed by atoms with Crippen molar-refractivity contribution in [3.63, 3.8) is 0 Å². The number of aromatic nitrogens is 2. The number of aliphatic hydroxyl groups excluding tert-OH is 1. The lowest BCUT2D eigenvalue weighted by molar-refractivity contribution is -0.144. The number of carbonyl (C=O) groups is 4. The minimum atomic E-state index is -0.945. The van der Waals surface area contributed by atoms with Crippen LogP contribution in [0.4, 0.5) is 0 Å². The molecule has 14 nitrogen and oxygen atoms in total. The van der Waals surface area contributed by atoms with E-state index < -0.39 is 35.4 Å². The van der Waals surface area contributed by atoms with Crippen LogP contribution in [-0.4, -0.2) is 105 Å². The number of likely N-dealkylation sites (tertiary alicyclic amines) is 1. The minimum absolute atomic E-state index is 0.0128. The Labute approximate surface area is 372 Å². The first-order chi connectivity index (χ1) is 30.2. The van der Waals surface area contributed by atoms with Crippen molar-refractivity contribution in [2.75, 3.05) is 32.8 Å². The van der Waals surface area contributed by atoms with Gasteiger partial charge in [-0.3, -0.25) is 29.3 Å². The van der Waals surface area contributed by atoms with Crippen molar-refractivity contribution in [2.24, 2.45) is 5.41 Å². The van der Waals surface area contributed by atoms with E-state index >= 15 is 0 Å². The zero-order chi connectivity index (χ0) is 45.1. The number of benzene rings is 3. The van der Waals surface area contributed by atoms with E-state index in [1.807, 2.05) is 107 Å². The number of fused-ring (bicyclic) bond motifs is 1. The summed E-state index contributed by atoms with van der Waals surface area (Å²) < 4.78 is 6.00. The van der Waals surface area contributed by atoms with Crippen LogP contribution in [0.25, 0.3) is 27.4 Å². The van der Waals surface area contributed by atoms with Gasteiger partial charge in [-0.1, -0.05) is 87.5 Å². The number of ether oxygens (including phenoxy) is 1. The summed E-state index contributed by atoms with van der Waals surface area (Å²) in [5.74, 6) is -1.74. The summed E-state index contributed by atoms with van der Waals surface area (Å²) >= 11 is 1.58. The number of carbonyl (C=O) groups excluding carboxylic acids is 4. The maximum Gasteiger partial charge on any atom is 0.267 e. The second-order valence-electron chi connectivity index (χ2n) is 17.2. The Kier molecular flexibility index (Phi) is 16.0. The molecule has 0 saturated carbocycles. The van der Waals surface area contributed by atoms with Gasteiger partial charge >= 0.3 is 0 Å². The lowest BCUT2D eigenvalue weighted by atomic mass is 9.85. The van der Waals surface area contributed by atoms with Crippen LogP contribution in [0.15, 0.2) is 90.6 Å². The maximum atomic E-state index is 14.2. The molecule has 15 heteroatoms. The fourth-order valence-corrected chi connectivity index (χ4v) is 8.61. The van der Waals surface area contributed by atoms with Crippen molar-refractivity contribution in [2.45, 2.75) is 84.7 Å². The summed E-state index contributed by atoms with van der Waals surface area (Å²) in [5, 5.41) is 26.6. The van der Waals surface area contributed by atoms with E-state index in [0.29, 0.717) is 19.7 Å². The molecule has 5 aromatic rings. The van der Waals surface area contributed by atoms with E-state index in [2.05, 4.69) is 37.6 Å². The molecule has 0 spiro atoms. The van der Waals surface area contributed by atoms with Gasteiger partial charge in [-0.2, -0.15) is 0 Å². The zero-order valence-electron chi connectivity index (χ0n) is 36.6. The van der Waals surface area contributed by atoms with Gasteiger partial charge in [-0.25, -0.2) is 10.5 Å². The monoisotopic (exact) mass is 877 g/mol. The highest BCUT2D eigenvalue weighted by molar-refractivity contribution is 7.13. The van der Waals surface area contributed by atoms with Crippen LogP contribution < -0.4 is 16.1 Å². The summed E-state index contributed by atoms with van der Waals surface area (Å²) in [6, 6.07) is 21.8. The third-order valence-electron chi connectivity index (χ3n) is 11.4. The van der Waals surface area contributed by atoms with Gasteiger partial charge in [0.25, 0.3) is 5.91 Å². The van der Waals surface area contributed by atoms with E-state index in [0.717, 1.165) is 51.3 Å². The Morgan fingerprint density at radius 2 is 1.76 bits per heavy atom. The smallest absolute Gasteiger partial charge is 0.267 e. The number of amides is 4. The number of aliphatic hydroxyl groups is 1. The lowest BCUT2D eigenvalue weighted by Gasteiger charge is -2.35. The number of nitrogens with one attached hydrogen (secondary N) is 4. The molecule has 4 atom stereocenters. The number of thiazole rings is 1. The highest BCUT2D eigenvalue weighted by Crippen LogP contribution is 2.30. The van der Waals surface area contributed by atoms with E-state index in [1.54, 1.807) is 22.9 Å². The first-order valence-corrected chi connectivity index (χ1v) is 22.2. The number of H-pyrrole nitrogens is 1. The number of aryl methyl sites for hydroxylation is 1. The van der Waals surface area contributed by atoms with Crippen molar-refractivity contribution in [3.8, 4) is 10.4 Å². The molecular weight excluding hydrogens is 819 g/mol. The van der Waals surface area contributed by atoms with Gasteiger partial charge in [0, 0.05) is 62.2 Å². The van der Waals surface area contributed by atoms with E-state index in [-0.39, 0.29) is 43.8 Å². The molecule has 63 heavy (non-hydrogen) atoms. The first-order valence-electron chi connectivity index (χ1n) is 21.3. The van der Waals surface area contributed by atoms with E-state index in [9.17, 15) is 24.3 Å². The molecule has 1 aliphatic heterocycles. The molecule has 6 rings (SSSR count). The second kappa shape index (κ2) is 21.6. The van der Waals surface area contributed by atoms with Crippen LogP contribution in [0.1, 0.15) is 74.5 Å². The quantitative estimate of drug-likeness (QED) is 0.0253. The van der Waals surface area contributed by atoms with Gasteiger partial charge in [0.15, 0.2) is 0 Å². The number of nitrogens with zero attached hydrogens (tertiary/aromatic N) is 3. The van der Waals surface area contributed by atoms with Crippen LogP contribution in [0.5, 0.6) is 0 Å². The molecule has 0 radical (unpaired) electrons. The molecule has 3 aromatic carbocycles. The number of hydroxylamine groups is 1. The Bertz CT molecular complexity index is 2350. The van der Waals surface area contributed by atoms with Gasteiger partial charge in [-0.15, -0.1) is 11.3 Å². The molecule has 2 aromatic heterocycles. The van der Waals surface area contributed by atoms with Crippen molar-refractivity contribution >= 4 is 51.9 Å². The van der Waals surface area contributed by atoms with Gasteiger partial charge in [0.2, 0.25) is 17.7 Å². The summed E-state index contributed by atoms with van der Waals surface area (Å²) in [4.78, 5) is 65.1. The van der Waals surface area contributed by atoms with Crippen LogP contribution >= 0.6 is 11.3 Å². The molecule has 1 aliphatic rings. The second-order valence-corrected chi connectivity index (χ2v) is 18.0. The Hall–Kier alpha value is -5.71. The number of rotatable bonds is 19. The predicted molar refractivity (Wildman–Crippen MR) is 244 cm³/mol. The summed E-state index contributed by atoms with van der Waals surface area (Å²) in [5.41, 5.74) is 9.82. The highest BCUT2D eigenvalue weighted by atomic mass is 32.1. The van der Waals surface area contributed by atoms with Gasteiger partial charge in [0.1, 0.15) is 12.1 Å². The minimum Gasteiger partial charge on any atom is -0.391 e. The Balaban J connectivity index is 1.01. The molecule has 0 aliphatic carbocycles. The predicted octanol–water partition coefficient (Wildman–Crippen LogP) is 5.94. The van der Waals surface area contributed by atoms with E-state index in [1.165, 1.54) is 21.9 Å². The zero-order valence-corrected chi connectivity index (χ0v) is 37.4. The van der Waals surface area contributed by atoms with Crippen LogP contribution in [0, 0.1) is 12.3 Å². The summed E-state index contributed by atoms with van der Waals surface area (Å²) in [6.07, 6.45) is 4.98. The van der Waals surface area contributed by atoms with E-state index in [4.69, 9.17) is 9.94 Å². The molecule has 3 heterocycles. The SMILES string of the molecule is Cc1ncsc1-c1ccc([C@H](C)NC(=O)[C@@H]2C[C@@H](O)CN2C(=O)C(NC(=O)CCOCCN(CCc2c[nH]c3ccccc23)Cc2ccc(/C=C/C(=O)NO)cc2)C(C)(C)C)cc1. The number of aromatic amines is 1. The highest BCUT2D eigenvalue weighted by Gasteiger charge is 2.44. The molecule has 334 valence electrons. The number of hydrogen-bond acceptors (Lipinski definition) is 10. The van der Waals surface area contributed by atoms with Crippen LogP contribution in [-0.2, 0) is 36.9 Å². The van der Waals surface area contributed by atoms with Crippen molar-refractivity contribution in [3.05, 3.63) is 119 Å². The van der Waals surface area contributed by atoms with Gasteiger partial charge in [-0.05, 0) is 65.6 Å². The molecule has 6 N–H and O–H groups in total. The van der Waals surface area contributed by atoms with Crippen LogP contribution in [0.2, 0.25) is 0 Å². The number of para-hydroxylation sites is 1. The molecule has 1 unspecified atom stereocenters. The molecule has 1 fully saturated rings. The average Bonchev–Trinajstić information content (AvgIpc) is 4.01. The average molecular weight is 878 g/mol. The fraction of sp³-hybridized carbons (Fsp3) is 0.396. The molecule has 1 saturated heterocycles. The summed E-state index contributed by atoms with van der Waals surface area (Å²) in [7, 11) is 0. The Morgan fingerprint density at radius 3 is 2.46 bits per heavy atom. The lowest BCUT2D eigenvalue weighted by Crippen LogP contribution is -2.58. The number of β-amino-alcohol motifs (C(OH)–C–C–N with tert-alkyl or cyclic N) is 1. The standard InChI is InChI=1S/C48H59N7O7S/c1-31(35-15-17-36(18-16-35)44-32(2)50-30-63-44)51-46(59)41-26-38(56)29-55(41)47(60)45(48(3,4)5)52-42(57)21-24-62-25-23-54(22-20-37-27-49-40-9-7-6-8-39(37)40)28-34-12-10-33(11-13-34)14-19-43(58)53-61/h6-19,27,30-31,38,41,45,49,56,61H,20-26,28-29H2,1-5H3,(H,51,59)(H,52,57)(H,53,58)/b19-14+/t31-,38+,41-,45?/m0/s1. The Morgan fingerprint density at radius 1 is 1.02 bits per heavy atom.